The van der Waals surface area contributed by atoms with Crippen LogP contribution < -0.4 is 14.8 Å². The number of aromatic nitrogens is 1. The Morgan fingerprint density at radius 1 is 1.19 bits per heavy atom. The lowest BCUT2D eigenvalue weighted by Crippen LogP contribution is -2.19. The summed E-state index contributed by atoms with van der Waals surface area (Å²) in [5, 5.41) is 3.33. The van der Waals surface area contributed by atoms with Crippen molar-refractivity contribution in [3.63, 3.8) is 0 Å². The van der Waals surface area contributed by atoms with Gasteiger partial charge in [-0.15, -0.1) is 0 Å². The molecule has 1 aromatic heterocycles. The first-order valence-corrected chi connectivity index (χ1v) is 7.46. The molecule has 0 fully saturated rings. The van der Waals surface area contributed by atoms with Crippen LogP contribution in [0.1, 0.15) is 17.2 Å². The van der Waals surface area contributed by atoms with Crippen LogP contribution in [-0.4, -0.2) is 26.3 Å². The molecule has 0 aliphatic carbocycles. The molecule has 2 aromatic rings. The van der Waals surface area contributed by atoms with Crippen molar-refractivity contribution < 1.29 is 9.47 Å². The number of nitrogens with one attached hydrogen (secondary N) is 1. The predicted molar refractivity (Wildman–Crippen MR) is 87.0 cm³/mol. The molecule has 21 heavy (non-hydrogen) atoms. The standard InChI is InChI=1S/C16H19BrN2O2/c1-18-15(7-11-6-12(17)10-19-9-11)14-8-13(20-2)4-5-16(14)21-3/h4-6,8-10,15,18H,7H2,1-3H3. The minimum atomic E-state index is 0.117. The van der Waals surface area contributed by atoms with Crippen molar-refractivity contribution in [1.29, 1.82) is 0 Å². The Morgan fingerprint density at radius 2 is 2.00 bits per heavy atom. The Kier molecular flexibility index (Phi) is 5.59. The average molecular weight is 351 g/mol. The molecule has 5 heteroatoms. The number of methoxy groups -OCH3 is 2. The van der Waals surface area contributed by atoms with Gasteiger partial charge in [-0.1, -0.05) is 0 Å². The lowest BCUT2D eigenvalue weighted by molar-refractivity contribution is 0.391. The number of hydrogen-bond acceptors (Lipinski definition) is 4. The number of likely N-dealkylation sites (N-methyl/N-ethyl adjacent to an activating group) is 1. The normalized spacial score (nSPS) is 12.0. The van der Waals surface area contributed by atoms with Gasteiger partial charge in [0, 0.05) is 28.5 Å². The third-order valence-electron chi connectivity index (χ3n) is 3.36. The molecule has 0 saturated carbocycles. The van der Waals surface area contributed by atoms with Gasteiger partial charge in [0.25, 0.3) is 0 Å². The van der Waals surface area contributed by atoms with Crippen LogP contribution in [0.25, 0.3) is 0 Å². The van der Waals surface area contributed by atoms with Gasteiger partial charge in [0.05, 0.1) is 14.2 Å². The monoisotopic (exact) mass is 350 g/mol. The first-order chi connectivity index (χ1) is 10.2. The Labute approximate surface area is 133 Å². The van der Waals surface area contributed by atoms with E-state index >= 15 is 0 Å². The highest BCUT2D eigenvalue weighted by atomic mass is 79.9. The van der Waals surface area contributed by atoms with Crippen molar-refractivity contribution in [1.82, 2.24) is 10.3 Å². The van der Waals surface area contributed by atoms with E-state index in [-0.39, 0.29) is 6.04 Å². The van der Waals surface area contributed by atoms with Crippen molar-refractivity contribution in [2.75, 3.05) is 21.3 Å². The molecule has 0 bridgehead atoms. The molecule has 0 aliphatic rings. The molecule has 2 rings (SSSR count). The summed E-state index contributed by atoms with van der Waals surface area (Å²) >= 11 is 3.45. The van der Waals surface area contributed by atoms with Gasteiger partial charge in [0.2, 0.25) is 0 Å². The summed E-state index contributed by atoms with van der Waals surface area (Å²) < 4.78 is 11.8. The van der Waals surface area contributed by atoms with Gasteiger partial charge < -0.3 is 14.8 Å². The lowest BCUT2D eigenvalue weighted by atomic mass is 9.99. The minimum absolute atomic E-state index is 0.117. The van der Waals surface area contributed by atoms with Crippen LogP contribution in [-0.2, 0) is 6.42 Å². The molecule has 1 heterocycles. The van der Waals surface area contributed by atoms with E-state index in [1.807, 2.05) is 31.4 Å². The maximum absolute atomic E-state index is 5.47. The van der Waals surface area contributed by atoms with Gasteiger partial charge in [-0.2, -0.15) is 0 Å². The average Bonchev–Trinajstić information content (AvgIpc) is 2.52. The zero-order chi connectivity index (χ0) is 15.2. The van der Waals surface area contributed by atoms with Crippen molar-refractivity contribution in [2.24, 2.45) is 0 Å². The van der Waals surface area contributed by atoms with Crippen molar-refractivity contribution in [3.05, 3.63) is 52.3 Å². The third kappa shape index (κ3) is 3.95. The Morgan fingerprint density at radius 3 is 2.62 bits per heavy atom. The van der Waals surface area contributed by atoms with E-state index in [9.17, 15) is 0 Å². The lowest BCUT2D eigenvalue weighted by Gasteiger charge is -2.20. The molecule has 0 spiro atoms. The Bertz CT molecular complexity index is 605. The van der Waals surface area contributed by atoms with Crippen LogP contribution >= 0.6 is 15.9 Å². The molecule has 1 aromatic carbocycles. The molecule has 0 saturated heterocycles. The number of rotatable bonds is 6. The fraction of sp³-hybridized carbons (Fsp3) is 0.312. The van der Waals surface area contributed by atoms with Gasteiger partial charge in [-0.3, -0.25) is 4.98 Å². The van der Waals surface area contributed by atoms with E-state index in [2.05, 4.69) is 32.3 Å². The molecule has 0 aliphatic heterocycles. The summed E-state index contributed by atoms with van der Waals surface area (Å²) in [4.78, 5) is 4.21. The van der Waals surface area contributed by atoms with Gasteiger partial charge in [0.1, 0.15) is 11.5 Å². The molecule has 4 nitrogen and oxygen atoms in total. The molecule has 1 atom stereocenters. The number of ether oxygens (including phenoxy) is 2. The third-order valence-corrected chi connectivity index (χ3v) is 3.80. The zero-order valence-corrected chi connectivity index (χ0v) is 14.0. The number of halogens is 1. The van der Waals surface area contributed by atoms with Crippen molar-refractivity contribution >= 4 is 15.9 Å². The second-order valence-corrected chi connectivity index (χ2v) is 5.58. The number of hydrogen-bond donors (Lipinski definition) is 1. The quantitative estimate of drug-likeness (QED) is 0.867. The first kappa shape index (κ1) is 15.8. The van der Waals surface area contributed by atoms with E-state index in [0.29, 0.717) is 0 Å². The van der Waals surface area contributed by atoms with Crippen LogP contribution in [0.2, 0.25) is 0 Å². The highest BCUT2D eigenvalue weighted by Crippen LogP contribution is 2.31. The summed E-state index contributed by atoms with van der Waals surface area (Å²) in [5.74, 6) is 1.66. The maximum atomic E-state index is 5.47. The minimum Gasteiger partial charge on any atom is -0.497 e. The summed E-state index contributed by atoms with van der Waals surface area (Å²) in [6.07, 6.45) is 4.47. The largest absolute Gasteiger partial charge is 0.497 e. The second kappa shape index (κ2) is 7.43. The van der Waals surface area contributed by atoms with E-state index in [0.717, 1.165) is 33.5 Å². The number of benzene rings is 1. The first-order valence-electron chi connectivity index (χ1n) is 6.66. The van der Waals surface area contributed by atoms with Crippen LogP contribution in [0.3, 0.4) is 0 Å². The maximum Gasteiger partial charge on any atom is 0.123 e. The van der Waals surface area contributed by atoms with E-state index in [1.165, 1.54) is 0 Å². The van der Waals surface area contributed by atoms with Crippen LogP contribution in [0.4, 0.5) is 0 Å². The second-order valence-electron chi connectivity index (χ2n) is 4.66. The molecular formula is C16H19BrN2O2. The SMILES string of the molecule is CNC(Cc1cncc(Br)c1)c1cc(OC)ccc1OC. The highest BCUT2D eigenvalue weighted by molar-refractivity contribution is 9.10. The van der Waals surface area contributed by atoms with Crippen LogP contribution in [0.15, 0.2) is 41.1 Å². The highest BCUT2D eigenvalue weighted by Gasteiger charge is 2.16. The van der Waals surface area contributed by atoms with Gasteiger partial charge in [-0.05, 0) is 59.2 Å². The van der Waals surface area contributed by atoms with Gasteiger partial charge >= 0.3 is 0 Å². The van der Waals surface area contributed by atoms with E-state index in [1.54, 1.807) is 20.4 Å². The number of nitrogens with zero attached hydrogens (tertiary/aromatic N) is 1. The molecule has 1 N–H and O–H groups in total. The van der Waals surface area contributed by atoms with Crippen molar-refractivity contribution in [3.8, 4) is 11.5 Å². The smallest absolute Gasteiger partial charge is 0.123 e. The molecular weight excluding hydrogens is 332 g/mol. The summed E-state index contributed by atoms with van der Waals surface area (Å²) in [6.45, 7) is 0. The fourth-order valence-corrected chi connectivity index (χ4v) is 2.69. The van der Waals surface area contributed by atoms with Gasteiger partial charge in [0.15, 0.2) is 0 Å². The topological polar surface area (TPSA) is 43.4 Å². The molecule has 1 unspecified atom stereocenters. The Balaban J connectivity index is 2.32. The fourth-order valence-electron chi connectivity index (χ4n) is 2.28. The Hall–Kier alpha value is -1.59. The van der Waals surface area contributed by atoms with Crippen LogP contribution in [0.5, 0.6) is 11.5 Å². The van der Waals surface area contributed by atoms with Gasteiger partial charge in [-0.25, -0.2) is 0 Å². The number of pyridine rings is 1. The summed E-state index contributed by atoms with van der Waals surface area (Å²) in [7, 11) is 5.28. The predicted octanol–water partition coefficient (Wildman–Crippen LogP) is 3.36. The van der Waals surface area contributed by atoms with E-state index < -0.39 is 0 Å². The zero-order valence-electron chi connectivity index (χ0n) is 12.4. The molecule has 0 radical (unpaired) electrons. The summed E-state index contributed by atoms with van der Waals surface area (Å²) in [5.41, 5.74) is 2.22. The summed E-state index contributed by atoms with van der Waals surface area (Å²) in [6, 6.07) is 8.02. The molecule has 112 valence electrons. The van der Waals surface area contributed by atoms with Crippen molar-refractivity contribution in [2.45, 2.75) is 12.5 Å². The molecule has 0 amide bonds. The van der Waals surface area contributed by atoms with E-state index in [4.69, 9.17) is 9.47 Å². The van der Waals surface area contributed by atoms with Crippen LogP contribution in [0, 0.1) is 0 Å².